The number of fused-ring (bicyclic) bond motifs is 1. The summed E-state index contributed by atoms with van der Waals surface area (Å²) in [7, 11) is 1.52. The number of aliphatic hydroxyl groups excluding tert-OH is 1. The minimum absolute atomic E-state index is 0.0184. The highest BCUT2D eigenvalue weighted by atomic mass is 19.4. The molecule has 0 bridgehead atoms. The van der Waals surface area contributed by atoms with Crippen molar-refractivity contribution in [1.82, 2.24) is 4.98 Å². The molecule has 0 aliphatic carbocycles. The molecule has 0 amide bonds. The first-order valence-corrected chi connectivity index (χ1v) is 7.52. The van der Waals surface area contributed by atoms with E-state index >= 15 is 0 Å². The topological polar surface area (TPSA) is 45.6 Å². The van der Waals surface area contributed by atoms with E-state index in [0.717, 1.165) is 23.5 Å². The van der Waals surface area contributed by atoms with Crippen molar-refractivity contribution in [2.45, 2.75) is 12.6 Å². The summed E-state index contributed by atoms with van der Waals surface area (Å²) in [6.45, 7) is 0.498. The van der Waals surface area contributed by atoms with Gasteiger partial charge in [-0.05, 0) is 36.8 Å². The number of hydrogen-bond donors (Lipinski definition) is 1. The molecule has 2 aromatic rings. The number of pyridine rings is 1. The van der Waals surface area contributed by atoms with Gasteiger partial charge in [0.25, 0.3) is 0 Å². The van der Waals surface area contributed by atoms with Crippen molar-refractivity contribution in [3.63, 3.8) is 0 Å². The molecule has 0 saturated heterocycles. The summed E-state index contributed by atoms with van der Waals surface area (Å²) in [5, 5.41) is 9.52. The Labute approximate surface area is 137 Å². The lowest BCUT2D eigenvalue weighted by Crippen LogP contribution is -2.34. The Bertz CT molecular complexity index is 717. The van der Waals surface area contributed by atoms with E-state index in [1.54, 1.807) is 6.07 Å². The van der Waals surface area contributed by atoms with Crippen molar-refractivity contribution in [3.05, 3.63) is 47.7 Å². The van der Waals surface area contributed by atoms with Gasteiger partial charge in [0.1, 0.15) is 0 Å². The van der Waals surface area contributed by atoms with Crippen LogP contribution in [0, 0.1) is 5.92 Å². The molecule has 0 radical (unpaired) electrons. The van der Waals surface area contributed by atoms with E-state index in [1.165, 1.54) is 19.2 Å². The van der Waals surface area contributed by atoms with Crippen LogP contribution in [-0.2, 0) is 12.6 Å². The van der Waals surface area contributed by atoms with Crippen molar-refractivity contribution in [2.24, 2.45) is 5.92 Å². The van der Waals surface area contributed by atoms with Crippen LogP contribution in [-0.4, -0.2) is 30.4 Å². The van der Waals surface area contributed by atoms with Crippen LogP contribution in [0.2, 0.25) is 0 Å². The molecule has 1 unspecified atom stereocenters. The number of benzene rings is 1. The van der Waals surface area contributed by atoms with Crippen molar-refractivity contribution in [3.8, 4) is 5.88 Å². The van der Waals surface area contributed by atoms with E-state index in [-0.39, 0.29) is 12.5 Å². The largest absolute Gasteiger partial charge is 0.481 e. The number of hydrogen-bond acceptors (Lipinski definition) is 4. The fourth-order valence-corrected chi connectivity index (χ4v) is 2.88. The van der Waals surface area contributed by atoms with Crippen LogP contribution in [0.15, 0.2) is 36.4 Å². The Morgan fingerprint density at radius 2 is 1.92 bits per heavy atom. The van der Waals surface area contributed by atoms with Crippen molar-refractivity contribution in [2.75, 3.05) is 25.2 Å². The third-order valence-corrected chi connectivity index (χ3v) is 4.11. The summed E-state index contributed by atoms with van der Waals surface area (Å²) in [5.74, 6) is 0.430. The Hall–Kier alpha value is -2.28. The number of alkyl halides is 3. The molecule has 1 aromatic heterocycles. The highest BCUT2D eigenvalue weighted by Gasteiger charge is 2.31. The molecule has 0 saturated carbocycles. The predicted octanol–water partition coefficient (Wildman–Crippen LogP) is 3.41. The standard InChI is InChI=1S/C17H17F3N2O2/c1-24-16-7-6-15-14(21-16)8-11(10-23)9-22(15)13-4-2-12(3-5-13)17(18,19)20/h2-7,11,23H,8-10H2,1H3. The Kier molecular flexibility index (Phi) is 4.36. The summed E-state index contributed by atoms with van der Waals surface area (Å²) in [6, 6.07) is 8.57. The first-order valence-electron chi connectivity index (χ1n) is 7.52. The van der Waals surface area contributed by atoms with E-state index in [2.05, 4.69) is 4.98 Å². The molecular formula is C17H17F3N2O2. The molecule has 1 atom stereocenters. The molecule has 1 aliphatic rings. The summed E-state index contributed by atoms with van der Waals surface area (Å²) >= 11 is 0. The van der Waals surface area contributed by atoms with Gasteiger partial charge in [0.05, 0.1) is 24.1 Å². The SMILES string of the molecule is COc1ccc2c(n1)CC(CO)CN2c1ccc(C(F)(F)F)cc1. The first kappa shape index (κ1) is 16.6. The number of nitrogens with zero attached hydrogens (tertiary/aromatic N) is 2. The van der Waals surface area contributed by atoms with Gasteiger partial charge in [-0.3, -0.25) is 0 Å². The lowest BCUT2D eigenvalue weighted by molar-refractivity contribution is -0.137. The highest BCUT2D eigenvalue weighted by molar-refractivity contribution is 5.67. The first-order chi connectivity index (χ1) is 11.4. The zero-order valence-electron chi connectivity index (χ0n) is 13.0. The molecule has 128 valence electrons. The fourth-order valence-electron chi connectivity index (χ4n) is 2.88. The van der Waals surface area contributed by atoms with Gasteiger partial charge in [-0.1, -0.05) is 0 Å². The van der Waals surface area contributed by atoms with Gasteiger partial charge in [0.2, 0.25) is 5.88 Å². The average Bonchev–Trinajstić information content (AvgIpc) is 2.59. The van der Waals surface area contributed by atoms with E-state index in [4.69, 9.17) is 4.74 Å². The second-order valence-electron chi connectivity index (χ2n) is 5.73. The second kappa shape index (κ2) is 6.32. The molecule has 0 fully saturated rings. The monoisotopic (exact) mass is 338 g/mol. The molecule has 24 heavy (non-hydrogen) atoms. The van der Waals surface area contributed by atoms with E-state index < -0.39 is 11.7 Å². The second-order valence-corrected chi connectivity index (χ2v) is 5.73. The molecule has 1 aliphatic heterocycles. The lowest BCUT2D eigenvalue weighted by Gasteiger charge is -2.35. The Balaban J connectivity index is 1.98. The van der Waals surface area contributed by atoms with Crippen LogP contribution in [0.5, 0.6) is 5.88 Å². The van der Waals surface area contributed by atoms with Gasteiger partial charge in [-0.2, -0.15) is 13.2 Å². The van der Waals surface area contributed by atoms with Crippen LogP contribution < -0.4 is 9.64 Å². The molecule has 4 nitrogen and oxygen atoms in total. The predicted molar refractivity (Wildman–Crippen MR) is 83.5 cm³/mol. The van der Waals surface area contributed by atoms with Gasteiger partial charge >= 0.3 is 6.18 Å². The van der Waals surface area contributed by atoms with Gasteiger partial charge < -0.3 is 14.7 Å². The van der Waals surface area contributed by atoms with Crippen LogP contribution in [0.3, 0.4) is 0 Å². The van der Waals surface area contributed by atoms with Crippen LogP contribution in [0.1, 0.15) is 11.3 Å². The summed E-state index contributed by atoms with van der Waals surface area (Å²) in [4.78, 5) is 6.29. The maximum atomic E-state index is 12.7. The summed E-state index contributed by atoms with van der Waals surface area (Å²) in [6.07, 6.45) is -3.76. The minimum atomic E-state index is -4.36. The quantitative estimate of drug-likeness (QED) is 0.932. The normalized spacial score (nSPS) is 17.5. The van der Waals surface area contributed by atoms with Gasteiger partial charge in [0, 0.05) is 30.8 Å². The zero-order chi connectivity index (χ0) is 17.3. The Morgan fingerprint density at radius 1 is 1.21 bits per heavy atom. The zero-order valence-corrected chi connectivity index (χ0v) is 13.0. The average molecular weight is 338 g/mol. The van der Waals surface area contributed by atoms with Crippen molar-refractivity contribution >= 4 is 11.4 Å². The van der Waals surface area contributed by atoms with Gasteiger partial charge in [0.15, 0.2) is 0 Å². The molecule has 0 spiro atoms. The molecular weight excluding hydrogens is 321 g/mol. The summed E-state index contributed by atoms with van der Waals surface area (Å²) < 4.78 is 43.3. The smallest absolute Gasteiger partial charge is 0.416 e. The number of ether oxygens (including phenoxy) is 1. The third-order valence-electron chi connectivity index (χ3n) is 4.11. The van der Waals surface area contributed by atoms with E-state index in [1.807, 2.05) is 11.0 Å². The molecule has 2 heterocycles. The van der Waals surface area contributed by atoms with E-state index in [0.29, 0.717) is 24.5 Å². The Morgan fingerprint density at radius 3 is 2.50 bits per heavy atom. The minimum Gasteiger partial charge on any atom is -0.481 e. The number of rotatable bonds is 3. The number of methoxy groups -OCH3 is 1. The number of aromatic nitrogens is 1. The third kappa shape index (κ3) is 3.17. The molecule has 1 aromatic carbocycles. The fraction of sp³-hybridized carbons (Fsp3) is 0.353. The highest BCUT2D eigenvalue weighted by Crippen LogP contribution is 2.37. The van der Waals surface area contributed by atoms with Crippen LogP contribution >= 0.6 is 0 Å². The molecule has 1 N–H and O–H groups in total. The number of anilines is 2. The summed E-state index contributed by atoms with van der Waals surface area (Å²) in [5.41, 5.74) is 1.53. The maximum Gasteiger partial charge on any atom is 0.416 e. The van der Waals surface area contributed by atoms with Crippen molar-refractivity contribution in [1.29, 1.82) is 0 Å². The molecule has 7 heteroatoms. The van der Waals surface area contributed by atoms with Crippen LogP contribution in [0.25, 0.3) is 0 Å². The lowest BCUT2D eigenvalue weighted by atomic mass is 9.96. The van der Waals surface area contributed by atoms with Crippen LogP contribution in [0.4, 0.5) is 24.5 Å². The number of aliphatic hydroxyl groups is 1. The molecule has 3 rings (SSSR count). The number of halogens is 3. The van der Waals surface area contributed by atoms with Gasteiger partial charge in [-0.15, -0.1) is 0 Å². The van der Waals surface area contributed by atoms with Gasteiger partial charge in [-0.25, -0.2) is 4.98 Å². The van der Waals surface area contributed by atoms with Crippen molar-refractivity contribution < 1.29 is 23.0 Å². The van der Waals surface area contributed by atoms with E-state index in [9.17, 15) is 18.3 Å². The maximum absolute atomic E-state index is 12.7.